The zero-order valence-corrected chi connectivity index (χ0v) is 14.3. The van der Waals surface area contributed by atoms with E-state index < -0.39 is 0 Å². The van der Waals surface area contributed by atoms with Gasteiger partial charge in [0.1, 0.15) is 0 Å². The predicted octanol–water partition coefficient (Wildman–Crippen LogP) is 4.99. The van der Waals surface area contributed by atoms with E-state index in [4.69, 9.17) is 9.97 Å². The monoisotopic (exact) mass is 309 g/mol. The smallest absolute Gasteiger partial charge is 0.183 e. The number of hydrogen-bond donors (Lipinski definition) is 1. The molecule has 0 fully saturated rings. The summed E-state index contributed by atoms with van der Waals surface area (Å²) >= 11 is 3.49. The molecule has 0 amide bonds. The van der Waals surface area contributed by atoms with Gasteiger partial charge in [-0.3, -0.25) is 0 Å². The molecule has 0 radical (unpaired) electrons. The molecule has 1 N–H and O–H groups in total. The maximum atomic E-state index is 4.74. The van der Waals surface area contributed by atoms with Crippen molar-refractivity contribution in [1.29, 1.82) is 0 Å². The molecule has 1 atom stereocenters. The van der Waals surface area contributed by atoms with Crippen LogP contribution in [-0.2, 0) is 12.8 Å². The molecule has 1 unspecified atom stereocenters. The largest absolute Gasteiger partial charge is 0.359 e. The summed E-state index contributed by atoms with van der Waals surface area (Å²) in [6.07, 6.45) is 4.30. The van der Waals surface area contributed by atoms with Crippen LogP contribution in [0.3, 0.4) is 0 Å². The molecule has 20 heavy (non-hydrogen) atoms. The highest BCUT2D eigenvalue weighted by Crippen LogP contribution is 2.33. The summed E-state index contributed by atoms with van der Waals surface area (Å²) in [5.74, 6) is 0. The third-order valence-electron chi connectivity index (χ3n) is 3.26. The Bertz CT molecular complexity index is 545. The number of aryl methyl sites for hydroxylation is 2. The van der Waals surface area contributed by atoms with Gasteiger partial charge in [0.2, 0.25) is 0 Å². The zero-order valence-electron chi connectivity index (χ0n) is 12.7. The second-order valence-electron chi connectivity index (χ2n) is 4.98. The first-order chi connectivity index (χ1) is 9.67. The average Bonchev–Trinajstić information content (AvgIpc) is 3.05. The summed E-state index contributed by atoms with van der Waals surface area (Å²) in [4.78, 5) is 10.7. The van der Waals surface area contributed by atoms with Gasteiger partial charge in [-0.2, -0.15) is 0 Å². The second kappa shape index (κ2) is 7.18. The fraction of sp³-hybridized carbons (Fsp3) is 0.600. The Kier molecular flexibility index (Phi) is 5.54. The highest BCUT2D eigenvalue weighted by molar-refractivity contribution is 7.16. The molecule has 0 spiro atoms. The van der Waals surface area contributed by atoms with Crippen LogP contribution in [0.25, 0.3) is 10.6 Å². The Balaban J connectivity index is 2.22. The van der Waals surface area contributed by atoms with E-state index in [1.807, 2.05) is 0 Å². The number of rotatable bonds is 7. The van der Waals surface area contributed by atoms with Crippen molar-refractivity contribution in [3.63, 3.8) is 0 Å². The first-order valence-electron chi connectivity index (χ1n) is 7.38. The first-order valence-corrected chi connectivity index (χ1v) is 9.08. The molecule has 0 aliphatic heterocycles. The van der Waals surface area contributed by atoms with Crippen molar-refractivity contribution in [2.24, 2.45) is 0 Å². The van der Waals surface area contributed by atoms with Gasteiger partial charge in [-0.25, -0.2) is 9.97 Å². The standard InChI is InChI=1S/C15H23N3S2/c1-5-8-13-17-11(7-3)14(20-13)12-9-19-15(18-12)16-10(4)6-2/h9-10H,5-8H2,1-4H3,(H,16,18). The number of nitrogens with one attached hydrogen (secondary N) is 1. The normalized spacial score (nSPS) is 12.6. The molecular formula is C15H23N3S2. The molecular weight excluding hydrogens is 286 g/mol. The Morgan fingerprint density at radius 3 is 2.70 bits per heavy atom. The van der Waals surface area contributed by atoms with Gasteiger partial charge < -0.3 is 5.32 Å². The van der Waals surface area contributed by atoms with Crippen LogP contribution in [0.1, 0.15) is 51.2 Å². The van der Waals surface area contributed by atoms with Gasteiger partial charge >= 0.3 is 0 Å². The summed E-state index contributed by atoms with van der Waals surface area (Å²) in [5, 5.41) is 7.84. The highest BCUT2D eigenvalue weighted by atomic mass is 32.1. The van der Waals surface area contributed by atoms with Gasteiger partial charge in [-0.15, -0.1) is 22.7 Å². The van der Waals surface area contributed by atoms with E-state index in [2.05, 4.69) is 38.4 Å². The fourth-order valence-electron chi connectivity index (χ4n) is 1.92. The van der Waals surface area contributed by atoms with Crippen LogP contribution in [0.2, 0.25) is 0 Å². The van der Waals surface area contributed by atoms with Crippen LogP contribution in [0.4, 0.5) is 5.13 Å². The lowest BCUT2D eigenvalue weighted by Gasteiger charge is -2.08. The van der Waals surface area contributed by atoms with Gasteiger partial charge in [-0.1, -0.05) is 20.8 Å². The number of hydrogen-bond acceptors (Lipinski definition) is 5. The van der Waals surface area contributed by atoms with Gasteiger partial charge in [0, 0.05) is 11.4 Å². The van der Waals surface area contributed by atoms with Gasteiger partial charge in [-0.05, 0) is 32.6 Å². The van der Waals surface area contributed by atoms with Crippen LogP contribution < -0.4 is 5.32 Å². The third-order valence-corrected chi connectivity index (χ3v) is 5.21. The van der Waals surface area contributed by atoms with Crippen molar-refractivity contribution in [1.82, 2.24) is 9.97 Å². The van der Waals surface area contributed by atoms with Crippen molar-refractivity contribution in [2.45, 2.75) is 59.4 Å². The Hall–Kier alpha value is -0.940. The lowest BCUT2D eigenvalue weighted by molar-refractivity contribution is 0.763. The van der Waals surface area contributed by atoms with Crippen molar-refractivity contribution in [3.05, 3.63) is 16.1 Å². The maximum absolute atomic E-state index is 4.74. The SMILES string of the molecule is CCCc1nc(CC)c(-c2csc(NC(C)CC)n2)s1. The first kappa shape index (κ1) is 15.4. The van der Waals surface area contributed by atoms with Gasteiger partial charge in [0.05, 0.1) is 21.3 Å². The van der Waals surface area contributed by atoms with E-state index in [0.29, 0.717) is 6.04 Å². The molecule has 3 nitrogen and oxygen atoms in total. The summed E-state index contributed by atoms with van der Waals surface area (Å²) < 4.78 is 0. The summed E-state index contributed by atoms with van der Waals surface area (Å²) in [7, 11) is 0. The van der Waals surface area contributed by atoms with E-state index in [1.54, 1.807) is 22.7 Å². The summed E-state index contributed by atoms with van der Waals surface area (Å²) in [6, 6.07) is 0.469. The molecule has 0 bridgehead atoms. The molecule has 0 aromatic carbocycles. The number of anilines is 1. The highest BCUT2D eigenvalue weighted by Gasteiger charge is 2.14. The average molecular weight is 310 g/mol. The van der Waals surface area contributed by atoms with Crippen molar-refractivity contribution in [3.8, 4) is 10.6 Å². The third kappa shape index (κ3) is 3.58. The van der Waals surface area contributed by atoms with Crippen LogP contribution in [-0.4, -0.2) is 16.0 Å². The number of thiazole rings is 2. The van der Waals surface area contributed by atoms with E-state index in [-0.39, 0.29) is 0 Å². The van der Waals surface area contributed by atoms with Crippen LogP contribution in [0.5, 0.6) is 0 Å². The molecule has 0 aliphatic carbocycles. The predicted molar refractivity (Wildman–Crippen MR) is 90.0 cm³/mol. The van der Waals surface area contributed by atoms with Crippen molar-refractivity contribution < 1.29 is 0 Å². The van der Waals surface area contributed by atoms with Crippen molar-refractivity contribution in [2.75, 3.05) is 5.32 Å². The van der Waals surface area contributed by atoms with Gasteiger partial charge in [0.25, 0.3) is 0 Å². The van der Waals surface area contributed by atoms with E-state index in [1.165, 1.54) is 15.6 Å². The van der Waals surface area contributed by atoms with Crippen LogP contribution in [0.15, 0.2) is 5.38 Å². The Morgan fingerprint density at radius 2 is 2.05 bits per heavy atom. The lowest BCUT2D eigenvalue weighted by atomic mass is 10.2. The molecule has 5 heteroatoms. The minimum absolute atomic E-state index is 0.469. The van der Waals surface area contributed by atoms with Crippen LogP contribution >= 0.6 is 22.7 Å². The molecule has 0 aliphatic rings. The van der Waals surface area contributed by atoms with Crippen LogP contribution in [0, 0.1) is 0 Å². The molecule has 110 valence electrons. The molecule has 2 heterocycles. The van der Waals surface area contributed by atoms with E-state index in [0.717, 1.165) is 36.5 Å². The quantitative estimate of drug-likeness (QED) is 0.782. The minimum atomic E-state index is 0.469. The molecule has 0 saturated carbocycles. The fourth-order valence-corrected chi connectivity index (χ4v) is 4.02. The lowest BCUT2D eigenvalue weighted by Crippen LogP contribution is -2.12. The summed E-state index contributed by atoms with van der Waals surface area (Å²) in [6.45, 7) is 8.73. The zero-order chi connectivity index (χ0) is 14.5. The molecule has 0 saturated heterocycles. The van der Waals surface area contributed by atoms with Crippen molar-refractivity contribution >= 4 is 27.8 Å². The molecule has 2 rings (SSSR count). The second-order valence-corrected chi connectivity index (χ2v) is 6.92. The van der Waals surface area contributed by atoms with E-state index in [9.17, 15) is 0 Å². The van der Waals surface area contributed by atoms with E-state index >= 15 is 0 Å². The molecule has 2 aromatic rings. The summed E-state index contributed by atoms with van der Waals surface area (Å²) in [5.41, 5.74) is 2.27. The number of aromatic nitrogens is 2. The minimum Gasteiger partial charge on any atom is -0.359 e. The number of nitrogens with zero attached hydrogens (tertiary/aromatic N) is 2. The van der Waals surface area contributed by atoms with Gasteiger partial charge in [0.15, 0.2) is 5.13 Å². The maximum Gasteiger partial charge on any atom is 0.183 e. The molecule has 2 aromatic heterocycles. The topological polar surface area (TPSA) is 37.8 Å². The Morgan fingerprint density at radius 1 is 1.25 bits per heavy atom. The Labute approximate surface area is 129 Å².